The molecule has 1 fully saturated rings. The van der Waals surface area contributed by atoms with E-state index in [-0.39, 0.29) is 0 Å². The molecule has 0 bridgehead atoms. The van der Waals surface area contributed by atoms with Crippen molar-refractivity contribution >= 4 is 11.6 Å². The van der Waals surface area contributed by atoms with Gasteiger partial charge in [-0.1, -0.05) is 18.5 Å². The lowest BCUT2D eigenvalue weighted by Gasteiger charge is -2.27. The van der Waals surface area contributed by atoms with E-state index in [1.807, 2.05) is 0 Å². The average molecular weight is 186 g/mol. The lowest BCUT2D eigenvalue weighted by molar-refractivity contribution is 0.465. The number of hydrogen-bond acceptors (Lipinski definition) is 1. The van der Waals surface area contributed by atoms with Gasteiger partial charge in [0.25, 0.3) is 0 Å². The van der Waals surface area contributed by atoms with E-state index in [2.05, 4.69) is 6.92 Å². The monoisotopic (exact) mass is 185 g/mol. The fraction of sp³-hybridized carbons (Fsp3) is 0.800. The molecule has 0 amide bonds. The number of rotatable bonds is 1. The molecule has 2 unspecified atom stereocenters. The van der Waals surface area contributed by atoms with Crippen molar-refractivity contribution in [2.24, 2.45) is 17.6 Å². The molecule has 2 heteroatoms. The minimum absolute atomic E-state index is 0.301. The highest BCUT2D eigenvalue weighted by Crippen LogP contribution is 2.46. The molecule has 0 aromatic carbocycles. The standard InChI is InChI=1S/C10H16ClN/c1-6-4-8(12)5-9(11)10(6)7-2-3-7/h6-8H,2-5,12H2,1H3. The SMILES string of the molecule is CC1CC(N)CC(Cl)=C1C1CC1. The highest BCUT2D eigenvalue weighted by atomic mass is 35.5. The van der Waals surface area contributed by atoms with Crippen LogP contribution in [0, 0.1) is 11.8 Å². The van der Waals surface area contributed by atoms with Gasteiger partial charge < -0.3 is 5.73 Å². The molecule has 2 rings (SSSR count). The van der Waals surface area contributed by atoms with Crippen LogP contribution in [-0.2, 0) is 0 Å². The molecule has 2 atom stereocenters. The fourth-order valence-corrected chi connectivity index (χ4v) is 2.84. The minimum atomic E-state index is 0.301. The first-order valence-corrected chi connectivity index (χ1v) is 5.20. The Morgan fingerprint density at radius 3 is 2.58 bits per heavy atom. The van der Waals surface area contributed by atoms with Crippen LogP contribution in [0.4, 0.5) is 0 Å². The summed E-state index contributed by atoms with van der Waals surface area (Å²) in [6, 6.07) is 0.301. The van der Waals surface area contributed by atoms with E-state index in [1.165, 1.54) is 18.4 Å². The summed E-state index contributed by atoms with van der Waals surface area (Å²) in [4.78, 5) is 0. The molecular formula is C10H16ClN. The summed E-state index contributed by atoms with van der Waals surface area (Å²) < 4.78 is 0. The molecule has 68 valence electrons. The van der Waals surface area contributed by atoms with Gasteiger partial charge in [-0.3, -0.25) is 0 Å². The van der Waals surface area contributed by atoms with Crippen LogP contribution in [0.15, 0.2) is 10.6 Å². The van der Waals surface area contributed by atoms with Gasteiger partial charge in [0.05, 0.1) is 0 Å². The number of halogens is 1. The van der Waals surface area contributed by atoms with Gasteiger partial charge in [0.2, 0.25) is 0 Å². The van der Waals surface area contributed by atoms with Crippen molar-refractivity contribution in [1.29, 1.82) is 0 Å². The smallest absolute Gasteiger partial charge is 0.0193 e. The predicted molar refractivity (Wildman–Crippen MR) is 52.0 cm³/mol. The second kappa shape index (κ2) is 3.04. The van der Waals surface area contributed by atoms with Crippen molar-refractivity contribution in [1.82, 2.24) is 0 Å². The van der Waals surface area contributed by atoms with Gasteiger partial charge in [-0.15, -0.1) is 0 Å². The van der Waals surface area contributed by atoms with Gasteiger partial charge in [0, 0.05) is 11.1 Å². The number of allylic oxidation sites excluding steroid dienone is 1. The Balaban J connectivity index is 2.19. The summed E-state index contributed by atoms with van der Waals surface area (Å²) in [6.45, 7) is 2.26. The number of hydrogen-bond donors (Lipinski definition) is 1. The molecule has 0 radical (unpaired) electrons. The van der Waals surface area contributed by atoms with Crippen LogP contribution < -0.4 is 5.73 Å². The van der Waals surface area contributed by atoms with E-state index < -0.39 is 0 Å². The fourth-order valence-electron chi connectivity index (χ4n) is 2.30. The zero-order chi connectivity index (χ0) is 8.72. The molecule has 0 spiro atoms. The van der Waals surface area contributed by atoms with Crippen LogP contribution in [0.3, 0.4) is 0 Å². The molecule has 1 saturated carbocycles. The van der Waals surface area contributed by atoms with Gasteiger partial charge in [-0.2, -0.15) is 0 Å². The number of nitrogens with two attached hydrogens (primary N) is 1. The Kier molecular flexibility index (Phi) is 2.18. The second-order valence-electron chi connectivity index (χ2n) is 4.24. The van der Waals surface area contributed by atoms with Crippen LogP contribution >= 0.6 is 11.6 Å². The molecule has 2 aliphatic rings. The molecule has 2 aliphatic carbocycles. The molecule has 12 heavy (non-hydrogen) atoms. The summed E-state index contributed by atoms with van der Waals surface area (Å²) in [6.07, 6.45) is 4.75. The Bertz CT molecular complexity index is 218. The van der Waals surface area contributed by atoms with Gasteiger partial charge >= 0.3 is 0 Å². The van der Waals surface area contributed by atoms with E-state index >= 15 is 0 Å². The van der Waals surface area contributed by atoms with Crippen molar-refractivity contribution in [3.8, 4) is 0 Å². The molecule has 0 saturated heterocycles. The van der Waals surface area contributed by atoms with Crippen LogP contribution in [0.25, 0.3) is 0 Å². The van der Waals surface area contributed by atoms with Gasteiger partial charge in [0.1, 0.15) is 0 Å². The molecule has 0 aromatic rings. The Labute approximate surface area is 79.0 Å². The molecule has 1 nitrogen and oxygen atoms in total. The van der Waals surface area contributed by atoms with E-state index in [1.54, 1.807) is 0 Å². The average Bonchev–Trinajstić information content (AvgIpc) is 2.68. The largest absolute Gasteiger partial charge is 0.327 e. The van der Waals surface area contributed by atoms with Crippen molar-refractivity contribution in [2.45, 2.75) is 38.6 Å². The highest BCUT2D eigenvalue weighted by Gasteiger charge is 2.34. The first-order valence-electron chi connectivity index (χ1n) is 4.82. The third-order valence-corrected chi connectivity index (χ3v) is 3.33. The maximum absolute atomic E-state index is 6.21. The van der Waals surface area contributed by atoms with Crippen molar-refractivity contribution in [3.05, 3.63) is 10.6 Å². The Morgan fingerprint density at radius 2 is 2.08 bits per heavy atom. The Hall–Kier alpha value is -0.0100. The van der Waals surface area contributed by atoms with Crippen LogP contribution in [0.2, 0.25) is 0 Å². The molecule has 2 N–H and O–H groups in total. The summed E-state index contributed by atoms with van der Waals surface area (Å²) in [5, 5.41) is 1.07. The minimum Gasteiger partial charge on any atom is -0.327 e. The molecule has 0 aliphatic heterocycles. The zero-order valence-corrected chi connectivity index (χ0v) is 8.27. The van der Waals surface area contributed by atoms with Gasteiger partial charge in [-0.25, -0.2) is 0 Å². The topological polar surface area (TPSA) is 26.0 Å². The van der Waals surface area contributed by atoms with E-state index in [0.29, 0.717) is 12.0 Å². The lowest BCUT2D eigenvalue weighted by atomic mass is 9.84. The van der Waals surface area contributed by atoms with Gasteiger partial charge in [0.15, 0.2) is 0 Å². The van der Waals surface area contributed by atoms with Crippen molar-refractivity contribution in [3.63, 3.8) is 0 Å². The summed E-state index contributed by atoms with van der Waals surface area (Å²) >= 11 is 6.21. The second-order valence-corrected chi connectivity index (χ2v) is 4.69. The van der Waals surface area contributed by atoms with Gasteiger partial charge in [-0.05, 0) is 43.1 Å². The van der Waals surface area contributed by atoms with Crippen LogP contribution in [-0.4, -0.2) is 6.04 Å². The van der Waals surface area contributed by atoms with E-state index in [0.717, 1.165) is 23.8 Å². The maximum atomic E-state index is 6.21. The summed E-state index contributed by atoms with van der Waals surface area (Å²) in [5.74, 6) is 1.45. The quantitative estimate of drug-likeness (QED) is 0.668. The van der Waals surface area contributed by atoms with Crippen molar-refractivity contribution in [2.75, 3.05) is 0 Å². The first-order chi connectivity index (χ1) is 5.68. The predicted octanol–water partition coefficient (Wildman–Crippen LogP) is 2.65. The summed E-state index contributed by atoms with van der Waals surface area (Å²) in [5.41, 5.74) is 7.41. The molecule has 0 aromatic heterocycles. The third-order valence-electron chi connectivity index (χ3n) is 2.96. The third kappa shape index (κ3) is 1.53. The van der Waals surface area contributed by atoms with Crippen LogP contribution in [0.5, 0.6) is 0 Å². The Morgan fingerprint density at radius 1 is 1.42 bits per heavy atom. The van der Waals surface area contributed by atoms with E-state index in [4.69, 9.17) is 17.3 Å². The first kappa shape index (κ1) is 8.58. The zero-order valence-electron chi connectivity index (χ0n) is 7.52. The maximum Gasteiger partial charge on any atom is 0.0193 e. The normalized spacial score (nSPS) is 37.2. The van der Waals surface area contributed by atoms with Crippen molar-refractivity contribution < 1.29 is 0 Å². The molecule has 0 heterocycles. The van der Waals surface area contributed by atoms with Crippen LogP contribution in [0.1, 0.15) is 32.6 Å². The van der Waals surface area contributed by atoms with E-state index in [9.17, 15) is 0 Å². The lowest BCUT2D eigenvalue weighted by Crippen LogP contribution is -2.28. The summed E-state index contributed by atoms with van der Waals surface area (Å²) in [7, 11) is 0. The molecular weight excluding hydrogens is 170 g/mol. The highest BCUT2D eigenvalue weighted by molar-refractivity contribution is 6.30.